The highest BCUT2D eigenvalue weighted by Crippen LogP contribution is 2.35. The summed E-state index contributed by atoms with van der Waals surface area (Å²) in [4.78, 5) is 11.3. The Labute approximate surface area is 126 Å². The molecule has 3 rings (SSSR count). The van der Waals surface area contributed by atoms with Gasteiger partial charge in [-0.15, -0.1) is 11.8 Å². The number of nitrogens with zero attached hydrogens (tertiary/aromatic N) is 1. The van der Waals surface area contributed by atoms with Gasteiger partial charge in [0.05, 0.1) is 4.92 Å². The minimum Gasteiger partial charge on any atom is -0.486 e. The second-order valence-corrected chi connectivity index (χ2v) is 5.57. The molecule has 0 spiro atoms. The lowest BCUT2D eigenvalue weighted by Crippen LogP contribution is -2.15. The van der Waals surface area contributed by atoms with Crippen molar-refractivity contribution in [3.8, 4) is 11.5 Å². The van der Waals surface area contributed by atoms with Gasteiger partial charge in [0.2, 0.25) is 0 Å². The highest BCUT2D eigenvalue weighted by Gasteiger charge is 2.12. The fourth-order valence-corrected chi connectivity index (χ4v) is 2.87. The molecule has 0 aromatic heterocycles. The van der Waals surface area contributed by atoms with Gasteiger partial charge in [0.1, 0.15) is 13.2 Å². The van der Waals surface area contributed by atoms with Gasteiger partial charge < -0.3 is 9.47 Å². The Morgan fingerprint density at radius 1 is 1.05 bits per heavy atom. The van der Waals surface area contributed by atoms with Crippen LogP contribution in [0.1, 0.15) is 5.56 Å². The molecule has 0 N–H and O–H groups in total. The Hall–Kier alpha value is -2.21. The highest BCUT2D eigenvalue weighted by molar-refractivity contribution is 7.98. The van der Waals surface area contributed by atoms with Gasteiger partial charge in [0.15, 0.2) is 11.5 Å². The average molecular weight is 303 g/mol. The minimum atomic E-state index is -0.391. The van der Waals surface area contributed by atoms with Crippen molar-refractivity contribution in [3.63, 3.8) is 0 Å². The number of ether oxygens (including phenoxy) is 2. The molecule has 0 amide bonds. The molecule has 0 saturated carbocycles. The van der Waals surface area contributed by atoms with Gasteiger partial charge in [-0.3, -0.25) is 10.1 Å². The third kappa shape index (κ3) is 3.28. The zero-order valence-corrected chi connectivity index (χ0v) is 12.0. The first-order valence-corrected chi connectivity index (χ1v) is 7.47. The van der Waals surface area contributed by atoms with E-state index in [0.717, 1.165) is 27.7 Å². The number of nitro benzene ring substituents is 1. The maximum atomic E-state index is 10.6. The maximum absolute atomic E-state index is 10.6. The van der Waals surface area contributed by atoms with Crippen LogP contribution in [0.15, 0.2) is 47.4 Å². The van der Waals surface area contributed by atoms with E-state index in [-0.39, 0.29) is 5.69 Å². The lowest BCUT2D eigenvalue weighted by atomic mass is 10.2. The van der Waals surface area contributed by atoms with Crippen molar-refractivity contribution in [2.75, 3.05) is 13.2 Å². The molecule has 1 aliphatic heterocycles. The van der Waals surface area contributed by atoms with Crippen LogP contribution in [0.25, 0.3) is 0 Å². The molecule has 0 atom stereocenters. The van der Waals surface area contributed by atoms with Gasteiger partial charge in [0.25, 0.3) is 5.69 Å². The van der Waals surface area contributed by atoms with Crippen molar-refractivity contribution in [1.29, 1.82) is 0 Å². The van der Waals surface area contributed by atoms with E-state index in [9.17, 15) is 10.1 Å². The van der Waals surface area contributed by atoms with Gasteiger partial charge in [-0.1, -0.05) is 12.1 Å². The van der Waals surface area contributed by atoms with Crippen molar-refractivity contribution in [3.05, 3.63) is 58.1 Å². The second kappa shape index (κ2) is 6.05. The minimum absolute atomic E-state index is 0.114. The van der Waals surface area contributed by atoms with Gasteiger partial charge in [-0.05, 0) is 23.8 Å². The third-order valence-electron chi connectivity index (χ3n) is 3.07. The fourth-order valence-electron chi connectivity index (χ4n) is 1.99. The molecule has 0 fully saturated rings. The van der Waals surface area contributed by atoms with Crippen LogP contribution in [-0.4, -0.2) is 18.1 Å². The van der Waals surface area contributed by atoms with Crippen molar-refractivity contribution in [1.82, 2.24) is 0 Å². The summed E-state index contributed by atoms with van der Waals surface area (Å²) in [7, 11) is 0. The Balaban J connectivity index is 1.65. The first-order chi connectivity index (χ1) is 10.2. The van der Waals surface area contributed by atoms with Crippen LogP contribution in [0.2, 0.25) is 0 Å². The molecule has 0 unspecified atom stereocenters. The number of thioether (sulfide) groups is 1. The molecular formula is C15H13NO4S. The van der Waals surface area contributed by atoms with Gasteiger partial charge >= 0.3 is 0 Å². The average Bonchev–Trinajstić information content (AvgIpc) is 2.53. The summed E-state index contributed by atoms with van der Waals surface area (Å²) >= 11 is 1.66. The van der Waals surface area contributed by atoms with Crippen molar-refractivity contribution in [2.45, 2.75) is 10.6 Å². The second-order valence-electron chi connectivity index (χ2n) is 4.52. The van der Waals surface area contributed by atoms with Crippen molar-refractivity contribution in [2.24, 2.45) is 0 Å². The normalized spacial score (nSPS) is 13.0. The van der Waals surface area contributed by atoms with E-state index in [1.165, 1.54) is 12.1 Å². The summed E-state index contributed by atoms with van der Waals surface area (Å²) in [5.74, 6) is 2.30. The Morgan fingerprint density at radius 3 is 2.48 bits per heavy atom. The van der Waals surface area contributed by atoms with Crippen LogP contribution in [0.5, 0.6) is 11.5 Å². The maximum Gasteiger partial charge on any atom is 0.269 e. The Bertz CT molecular complexity index is 657. The van der Waals surface area contributed by atoms with Crippen LogP contribution >= 0.6 is 11.8 Å². The lowest BCUT2D eigenvalue weighted by Gasteiger charge is -2.18. The summed E-state index contributed by atoms with van der Waals surface area (Å²) in [6.07, 6.45) is 0. The zero-order chi connectivity index (χ0) is 14.7. The molecule has 2 aromatic rings. The summed E-state index contributed by atoms with van der Waals surface area (Å²) in [5, 5.41) is 10.6. The van der Waals surface area contributed by atoms with Gasteiger partial charge in [-0.25, -0.2) is 0 Å². The van der Waals surface area contributed by atoms with Crippen LogP contribution in [0.3, 0.4) is 0 Å². The molecule has 0 aliphatic carbocycles. The number of hydrogen-bond acceptors (Lipinski definition) is 5. The van der Waals surface area contributed by atoms with Gasteiger partial charge in [-0.2, -0.15) is 0 Å². The molecule has 0 saturated heterocycles. The molecule has 21 heavy (non-hydrogen) atoms. The van der Waals surface area contributed by atoms with E-state index in [2.05, 4.69) is 0 Å². The monoisotopic (exact) mass is 303 g/mol. The Morgan fingerprint density at radius 2 is 1.76 bits per heavy atom. The molecule has 0 radical (unpaired) electrons. The number of fused-ring (bicyclic) bond motifs is 1. The largest absolute Gasteiger partial charge is 0.486 e. The van der Waals surface area contributed by atoms with Crippen molar-refractivity contribution >= 4 is 17.4 Å². The molecular weight excluding hydrogens is 290 g/mol. The Kier molecular flexibility index (Phi) is 3.96. The SMILES string of the molecule is O=[N+]([O-])c1ccc(CSc2ccc3c(c2)OCCO3)cc1. The lowest BCUT2D eigenvalue weighted by molar-refractivity contribution is -0.384. The van der Waals surface area contributed by atoms with E-state index in [1.807, 2.05) is 18.2 Å². The first kappa shape index (κ1) is 13.8. The summed E-state index contributed by atoms with van der Waals surface area (Å²) in [6, 6.07) is 12.5. The molecule has 5 nitrogen and oxygen atoms in total. The standard InChI is InChI=1S/C15H13NO4S/c17-16(18)12-3-1-11(2-4-12)10-21-13-5-6-14-15(9-13)20-8-7-19-14/h1-6,9H,7-8,10H2. The van der Waals surface area contributed by atoms with Crippen LogP contribution in [-0.2, 0) is 5.75 Å². The molecule has 108 valence electrons. The van der Waals surface area contributed by atoms with Crippen LogP contribution in [0, 0.1) is 10.1 Å². The van der Waals surface area contributed by atoms with Crippen LogP contribution in [0.4, 0.5) is 5.69 Å². The van der Waals surface area contributed by atoms with E-state index < -0.39 is 4.92 Å². The third-order valence-corrected chi connectivity index (χ3v) is 4.13. The fraction of sp³-hybridized carbons (Fsp3) is 0.200. The summed E-state index contributed by atoms with van der Waals surface area (Å²) in [6.45, 7) is 1.16. The molecule has 1 heterocycles. The van der Waals surface area contributed by atoms with Gasteiger partial charge in [0, 0.05) is 22.8 Å². The summed E-state index contributed by atoms with van der Waals surface area (Å²) in [5.41, 5.74) is 1.16. The topological polar surface area (TPSA) is 61.6 Å². The smallest absolute Gasteiger partial charge is 0.269 e. The first-order valence-electron chi connectivity index (χ1n) is 6.48. The number of non-ortho nitro benzene ring substituents is 1. The van der Waals surface area contributed by atoms with E-state index >= 15 is 0 Å². The van der Waals surface area contributed by atoms with E-state index in [0.29, 0.717) is 13.2 Å². The zero-order valence-electron chi connectivity index (χ0n) is 11.2. The highest BCUT2D eigenvalue weighted by atomic mass is 32.2. The van der Waals surface area contributed by atoms with E-state index in [4.69, 9.17) is 9.47 Å². The van der Waals surface area contributed by atoms with E-state index in [1.54, 1.807) is 23.9 Å². The predicted molar refractivity (Wildman–Crippen MR) is 80.1 cm³/mol. The molecule has 0 bridgehead atoms. The number of nitro groups is 1. The summed E-state index contributed by atoms with van der Waals surface area (Å²) < 4.78 is 11.0. The number of rotatable bonds is 4. The molecule has 1 aliphatic rings. The van der Waals surface area contributed by atoms with Crippen LogP contribution < -0.4 is 9.47 Å². The van der Waals surface area contributed by atoms with Crippen molar-refractivity contribution < 1.29 is 14.4 Å². The predicted octanol–water partition coefficient (Wildman–Crippen LogP) is 3.66. The quantitative estimate of drug-likeness (QED) is 0.490. The molecule has 6 heteroatoms. The number of hydrogen-bond donors (Lipinski definition) is 0. The molecule has 2 aromatic carbocycles. The number of benzene rings is 2.